The number of methoxy groups -OCH3 is 1. The Morgan fingerprint density at radius 2 is 2.23 bits per heavy atom. The van der Waals surface area contributed by atoms with E-state index in [0.717, 1.165) is 11.3 Å². The topological polar surface area (TPSA) is 31.4 Å². The van der Waals surface area contributed by atoms with Crippen LogP contribution in [0.25, 0.3) is 0 Å². The van der Waals surface area contributed by atoms with Crippen molar-refractivity contribution in [2.24, 2.45) is 0 Å². The molecule has 2 rings (SSSR count). The molecule has 0 atom stereocenters. The fourth-order valence-corrected chi connectivity index (χ4v) is 1.19. The van der Waals surface area contributed by atoms with Gasteiger partial charge in [0, 0.05) is 5.56 Å². The van der Waals surface area contributed by atoms with Gasteiger partial charge in [-0.2, -0.15) is 0 Å². The lowest BCUT2D eigenvalue weighted by Gasteiger charge is -2.06. The number of pyridine rings is 1. The van der Waals surface area contributed by atoms with Gasteiger partial charge in [0.05, 0.1) is 19.4 Å². The third-order valence-electron chi connectivity index (χ3n) is 2.03. The van der Waals surface area contributed by atoms with Crippen LogP contribution >= 0.6 is 0 Å². The summed E-state index contributed by atoms with van der Waals surface area (Å²) in [6.45, 7) is 1.96. The normalized spacial score (nSPS) is 15.5. The van der Waals surface area contributed by atoms with Crippen molar-refractivity contribution < 1.29 is 9.47 Å². The summed E-state index contributed by atoms with van der Waals surface area (Å²) in [6, 6.07) is 1.96. The maximum Gasteiger partial charge on any atom is 0.216 e. The first kappa shape index (κ1) is 8.35. The van der Waals surface area contributed by atoms with Crippen LogP contribution in [0.4, 0.5) is 0 Å². The average molecular weight is 179 g/mol. The molecule has 0 radical (unpaired) electrons. The first-order chi connectivity index (χ1) is 6.29. The molecule has 0 aliphatic heterocycles. The highest BCUT2D eigenvalue weighted by Gasteiger charge is 2.23. The van der Waals surface area contributed by atoms with Gasteiger partial charge in [0.15, 0.2) is 0 Å². The zero-order valence-electron chi connectivity index (χ0n) is 7.91. The van der Waals surface area contributed by atoms with Crippen molar-refractivity contribution in [1.29, 1.82) is 0 Å². The van der Waals surface area contributed by atoms with Gasteiger partial charge in [0.1, 0.15) is 5.75 Å². The van der Waals surface area contributed by atoms with Crippen molar-refractivity contribution in [2.75, 3.05) is 7.11 Å². The zero-order chi connectivity index (χ0) is 9.26. The molecular formula is C10H13NO2. The number of aryl methyl sites for hydroxylation is 1. The predicted molar refractivity (Wildman–Crippen MR) is 49.2 cm³/mol. The molecule has 0 saturated heterocycles. The van der Waals surface area contributed by atoms with E-state index in [-0.39, 0.29) is 0 Å². The lowest BCUT2D eigenvalue weighted by molar-refractivity contribution is 0.300. The van der Waals surface area contributed by atoms with Gasteiger partial charge >= 0.3 is 0 Å². The van der Waals surface area contributed by atoms with Gasteiger partial charge in [0.25, 0.3) is 0 Å². The molecule has 0 spiro atoms. The van der Waals surface area contributed by atoms with Crippen molar-refractivity contribution in [1.82, 2.24) is 4.98 Å². The number of rotatable bonds is 3. The summed E-state index contributed by atoms with van der Waals surface area (Å²) in [6.07, 6.45) is 4.48. The maximum absolute atomic E-state index is 5.59. The molecule has 70 valence electrons. The largest absolute Gasteiger partial charge is 0.489 e. The fourth-order valence-electron chi connectivity index (χ4n) is 1.19. The molecule has 1 aliphatic rings. The van der Waals surface area contributed by atoms with Crippen molar-refractivity contribution in [3.63, 3.8) is 0 Å². The quantitative estimate of drug-likeness (QED) is 0.710. The second kappa shape index (κ2) is 3.24. The first-order valence-corrected chi connectivity index (χ1v) is 4.47. The standard InChI is InChI=1S/C10H13NO2/c1-7-5-9(13-8-3-4-8)6-11-10(7)12-2/h5-6,8H,3-4H2,1-2H3. The van der Waals surface area contributed by atoms with Gasteiger partial charge in [-0.3, -0.25) is 0 Å². The van der Waals surface area contributed by atoms with Crippen molar-refractivity contribution in [3.8, 4) is 11.6 Å². The summed E-state index contributed by atoms with van der Waals surface area (Å²) in [5.41, 5.74) is 1.01. The van der Waals surface area contributed by atoms with Crippen LogP contribution in [0, 0.1) is 6.92 Å². The minimum absolute atomic E-state index is 0.426. The Labute approximate surface area is 77.7 Å². The Morgan fingerprint density at radius 3 is 2.77 bits per heavy atom. The van der Waals surface area contributed by atoms with Crippen molar-refractivity contribution in [3.05, 3.63) is 17.8 Å². The Morgan fingerprint density at radius 1 is 1.46 bits per heavy atom. The molecule has 13 heavy (non-hydrogen) atoms. The van der Waals surface area contributed by atoms with Crippen LogP contribution in [0.2, 0.25) is 0 Å². The molecule has 0 N–H and O–H groups in total. The molecule has 0 bridgehead atoms. The summed E-state index contributed by atoms with van der Waals surface area (Å²) in [7, 11) is 1.62. The van der Waals surface area contributed by atoms with Gasteiger partial charge in [-0.1, -0.05) is 0 Å². The van der Waals surface area contributed by atoms with Crippen LogP contribution in [0.3, 0.4) is 0 Å². The highest BCUT2D eigenvalue weighted by atomic mass is 16.5. The van der Waals surface area contributed by atoms with E-state index in [1.54, 1.807) is 13.3 Å². The molecule has 1 fully saturated rings. The molecule has 3 nitrogen and oxygen atoms in total. The van der Waals surface area contributed by atoms with Crippen molar-refractivity contribution in [2.45, 2.75) is 25.9 Å². The molecule has 1 aliphatic carbocycles. The minimum atomic E-state index is 0.426. The van der Waals surface area contributed by atoms with Crippen LogP contribution < -0.4 is 9.47 Å². The third-order valence-corrected chi connectivity index (χ3v) is 2.03. The third kappa shape index (κ3) is 1.91. The Hall–Kier alpha value is -1.25. The zero-order valence-corrected chi connectivity index (χ0v) is 7.91. The summed E-state index contributed by atoms with van der Waals surface area (Å²) >= 11 is 0. The van der Waals surface area contributed by atoms with E-state index in [0.29, 0.717) is 12.0 Å². The lowest BCUT2D eigenvalue weighted by atomic mass is 10.3. The number of nitrogens with zero attached hydrogens (tertiary/aromatic N) is 1. The maximum atomic E-state index is 5.59. The van der Waals surface area contributed by atoms with Gasteiger partial charge in [-0.25, -0.2) is 4.98 Å². The molecule has 0 aromatic carbocycles. The molecule has 0 amide bonds. The molecule has 1 aromatic heterocycles. The van der Waals surface area contributed by atoms with E-state index < -0.39 is 0 Å². The molecule has 1 saturated carbocycles. The van der Waals surface area contributed by atoms with Crippen LogP contribution in [0.15, 0.2) is 12.3 Å². The summed E-state index contributed by atoms with van der Waals surface area (Å²) in [5, 5.41) is 0. The molecular weight excluding hydrogens is 166 g/mol. The number of aromatic nitrogens is 1. The van der Waals surface area contributed by atoms with Crippen molar-refractivity contribution >= 4 is 0 Å². The van der Waals surface area contributed by atoms with E-state index >= 15 is 0 Å². The van der Waals surface area contributed by atoms with E-state index in [4.69, 9.17) is 9.47 Å². The van der Waals surface area contributed by atoms with Gasteiger partial charge in [-0.15, -0.1) is 0 Å². The SMILES string of the molecule is COc1ncc(OC2CC2)cc1C. The number of hydrogen-bond acceptors (Lipinski definition) is 3. The highest BCUT2D eigenvalue weighted by molar-refractivity contribution is 5.32. The summed E-state index contributed by atoms with van der Waals surface area (Å²) in [4.78, 5) is 4.13. The van der Waals surface area contributed by atoms with Crippen LogP contribution in [0.5, 0.6) is 11.6 Å². The van der Waals surface area contributed by atoms with Crippen LogP contribution in [0.1, 0.15) is 18.4 Å². The predicted octanol–water partition coefficient (Wildman–Crippen LogP) is 1.94. The Balaban J connectivity index is 2.13. The average Bonchev–Trinajstić information content (AvgIpc) is 2.89. The molecule has 0 unspecified atom stereocenters. The van der Waals surface area contributed by atoms with E-state index in [9.17, 15) is 0 Å². The Bertz CT molecular complexity index is 308. The number of hydrogen-bond donors (Lipinski definition) is 0. The monoisotopic (exact) mass is 179 g/mol. The molecule has 3 heteroatoms. The summed E-state index contributed by atoms with van der Waals surface area (Å²) in [5.74, 6) is 1.52. The molecule has 1 heterocycles. The Kier molecular flexibility index (Phi) is 2.08. The summed E-state index contributed by atoms with van der Waals surface area (Å²) < 4.78 is 10.6. The second-order valence-electron chi connectivity index (χ2n) is 3.31. The second-order valence-corrected chi connectivity index (χ2v) is 3.31. The number of ether oxygens (including phenoxy) is 2. The van der Waals surface area contributed by atoms with E-state index in [1.807, 2.05) is 13.0 Å². The van der Waals surface area contributed by atoms with Gasteiger partial charge < -0.3 is 9.47 Å². The van der Waals surface area contributed by atoms with E-state index in [1.165, 1.54) is 12.8 Å². The molecule has 1 aromatic rings. The highest BCUT2D eigenvalue weighted by Crippen LogP contribution is 2.28. The lowest BCUT2D eigenvalue weighted by Crippen LogP contribution is -1.98. The van der Waals surface area contributed by atoms with Crippen LogP contribution in [-0.4, -0.2) is 18.2 Å². The minimum Gasteiger partial charge on any atom is -0.489 e. The smallest absolute Gasteiger partial charge is 0.216 e. The van der Waals surface area contributed by atoms with Crippen LogP contribution in [-0.2, 0) is 0 Å². The van der Waals surface area contributed by atoms with E-state index in [2.05, 4.69) is 4.98 Å². The first-order valence-electron chi connectivity index (χ1n) is 4.47. The van der Waals surface area contributed by atoms with Gasteiger partial charge in [-0.05, 0) is 25.8 Å². The fraction of sp³-hybridized carbons (Fsp3) is 0.500. The van der Waals surface area contributed by atoms with Gasteiger partial charge in [0.2, 0.25) is 5.88 Å².